The highest BCUT2D eigenvalue weighted by atomic mass is 35.5. The Morgan fingerprint density at radius 2 is 1.96 bits per heavy atom. The summed E-state index contributed by atoms with van der Waals surface area (Å²) >= 11 is 5.91. The van der Waals surface area contributed by atoms with Crippen molar-refractivity contribution in [3.05, 3.63) is 63.2 Å². The molecule has 0 saturated carbocycles. The molecule has 0 unspecified atom stereocenters. The van der Waals surface area contributed by atoms with Crippen molar-refractivity contribution in [2.24, 2.45) is 0 Å². The Balaban J connectivity index is 2.11. The lowest BCUT2D eigenvalue weighted by molar-refractivity contribution is -0.385. The summed E-state index contributed by atoms with van der Waals surface area (Å²) in [7, 11) is 2.83. The number of rotatable bonds is 6. The zero-order valence-electron chi connectivity index (χ0n) is 14.1. The van der Waals surface area contributed by atoms with E-state index < -0.39 is 16.7 Å². The van der Waals surface area contributed by atoms with Crippen molar-refractivity contribution in [2.75, 3.05) is 26.0 Å². The Labute approximate surface area is 154 Å². The van der Waals surface area contributed by atoms with E-state index in [1.165, 1.54) is 44.5 Å². The zero-order chi connectivity index (χ0) is 19.3. The number of anilines is 1. The molecule has 0 radical (unpaired) electrons. The number of nitro groups is 1. The second-order valence-corrected chi connectivity index (χ2v) is 5.76. The first-order valence-electron chi connectivity index (χ1n) is 7.45. The van der Waals surface area contributed by atoms with Crippen molar-refractivity contribution < 1.29 is 19.2 Å². The molecule has 0 aliphatic heterocycles. The number of nitrogens with zero attached hydrogens (tertiary/aromatic N) is 2. The normalized spacial score (nSPS) is 10.1. The van der Waals surface area contributed by atoms with Crippen LogP contribution in [0.3, 0.4) is 0 Å². The molecule has 8 nitrogen and oxygen atoms in total. The molecule has 0 aliphatic carbocycles. The van der Waals surface area contributed by atoms with E-state index in [1.807, 2.05) is 0 Å². The Morgan fingerprint density at radius 3 is 2.62 bits per heavy atom. The van der Waals surface area contributed by atoms with Crippen molar-refractivity contribution in [1.82, 2.24) is 4.90 Å². The van der Waals surface area contributed by atoms with Gasteiger partial charge in [0.15, 0.2) is 0 Å². The standard InChI is InChI=1S/C17H16ClN3O5/c1-20(17(23)12-5-3-4-6-14(12)21(24)25)10-16(22)19-13-9-11(18)7-8-15(13)26-2/h3-9H,10H2,1-2H3,(H,19,22). The SMILES string of the molecule is COc1ccc(Cl)cc1NC(=O)CN(C)C(=O)c1ccccc1[N+](=O)[O-]. The van der Waals surface area contributed by atoms with Gasteiger partial charge in [0, 0.05) is 18.1 Å². The zero-order valence-corrected chi connectivity index (χ0v) is 14.8. The third kappa shape index (κ3) is 4.48. The number of hydrogen-bond acceptors (Lipinski definition) is 5. The summed E-state index contributed by atoms with van der Waals surface area (Å²) in [4.78, 5) is 36.1. The summed E-state index contributed by atoms with van der Waals surface area (Å²) in [6, 6.07) is 10.3. The van der Waals surface area contributed by atoms with E-state index in [-0.39, 0.29) is 17.8 Å². The van der Waals surface area contributed by atoms with Crippen LogP contribution >= 0.6 is 11.6 Å². The van der Waals surface area contributed by atoms with Gasteiger partial charge in [0.2, 0.25) is 5.91 Å². The molecule has 0 aliphatic rings. The quantitative estimate of drug-likeness (QED) is 0.616. The molecule has 2 aromatic rings. The summed E-state index contributed by atoms with van der Waals surface area (Å²) < 4.78 is 5.14. The number of methoxy groups -OCH3 is 1. The van der Waals surface area contributed by atoms with E-state index in [1.54, 1.807) is 12.1 Å². The molecular formula is C17H16ClN3O5. The van der Waals surface area contributed by atoms with Gasteiger partial charge < -0.3 is 15.0 Å². The molecule has 2 rings (SSSR count). The van der Waals surface area contributed by atoms with Gasteiger partial charge in [-0.2, -0.15) is 0 Å². The number of halogens is 1. The van der Waals surface area contributed by atoms with Gasteiger partial charge in [-0.3, -0.25) is 19.7 Å². The molecule has 0 atom stereocenters. The predicted octanol–water partition coefficient (Wildman–Crippen LogP) is 2.97. The molecule has 136 valence electrons. The Hall–Kier alpha value is -3.13. The van der Waals surface area contributed by atoms with Gasteiger partial charge in [-0.15, -0.1) is 0 Å². The molecule has 9 heteroatoms. The van der Waals surface area contributed by atoms with Crippen LogP contribution in [0.4, 0.5) is 11.4 Å². The van der Waals surface area contributed by atoms with Crippen molar-refractivity contribution >= 4 is 34.8 Å². The number of hydrogen-bond donors (Lipinski definition) is 1. The second kappa shape index (κ2) is 8.30. The lowest BCUT2D eigenvalue weighted by atomic mass is 10.1. The molecule has 2 aromatic carbocycles. The van der Waals surface area contributed by atoms with Gasteiger partial charge in [0.25, 0.3) is 11.6 Å². The molecule has 0 fully saturated rings. The third-order valence-corrected chi connectivity index (χ3v) is 3.73. The second-order valence-electron chi connectivity index (χ2n) is 5.33. The van der Waals surface area contributed by atoms with Gasteiger partial charge in [0.05, 0.1) is 24.3 Å². The van der Waals surface area contributed by atoms with E-state index in [2.05, 4.69) is 5.32 Å². The fraction of sp³-hybridized carbons (Fsp3) is 0.176. The van der Waals surface area contributed by atoms with Crippen LogP contribution in [-0.4, -0.2) is 42.3 Å². The number of likely N-dealkylation sites (N-methyl/N-ethyl adjacent to an activating group) is 1. The number of carbonyl (C=O) groups excluding carboxylic acids is 2. The van der Waals surface area contributed by atoms with Crippen LogP contribution in [0, 0.1) is 10.1 Å². The number of amides is 2. The van der Waals surface area contributed by atoms with Crippen LogP contribution in [0.2, 0.25) is 5.02 Å². The minimum Gasteiger partial charge on any atom is -0.495 e. The Kier molecular flexibility index (Phi) is 6.13. The van der Waals surface area contributed by atoms with Crippen LogP contribution in [0.15, 0.2) is 42.5 Å². The highest BCUT2D eigenvalue weighted by molar-refractivity contribution is 6.31. The van der Waals surface area contributed by atoms with E-state index in [0.717, 1.165) is 4.90 Å². The maximum absolute atomic E-state index is 12.4. The number of ether oxygens (including phenoxy) is 1. The minimum absolute atomic E-state index is 0.0897. The number of nitro benzene ring substituents is 1. The summed E-state index contributed by atoms with van der Waals surface area (Å²) in [5, 5.41) is 14.1. The summed E-state index contributed by atoms with van der Waals surface area (Å²) in [5.41, 5.74) is -0.0501. The van der Waals surface area contributed by atoms with Gasteiger partial charge in [-0.05, 0) is 24.3 Å². The van der Waals surface area contributed by atoms with Crippen LogP contribution < -0.4 is 10.1 Å². The molecule has 0 saturated heterocycles. The highest BCUT2D eigenvalue weighted by Gasteiger charge is 2.23. The highest BCUT2D eigenvalue weighted by Crippen LogP contribution is 2.27. The first kappa shape index (κ1) is 19.2. The monoisotopic (exact) mass is 377 g/mol. The Bertz CT molecular complexity index is 856. The van der Waals surface area contributed by atoms with Crippen LogP contribution in [0.25, 0.3) is 0 Å². The first-order valence-corrected chi connectivity index (χ1v) is 7.83. The Morgan fingerprint density at radius 1 is 1.27 bits per heavy atom. The number of benzene rings is 2. The maximum Gasteiger partial charge on any atom is 0.282 e. The lowest BCUT2D eigenvalue weighted by Crippen LogP contribution is -2.35. The van der Waals surface area contributed by atoms with Gasteiger partial charge in [-0.1, -0.05) is 23.7 Å². The van der Waals surface area contributed by atoms with E-state index in [4.69, 9.17) is 16.3 Å². The first-order chi connectivity index (χ1) is 12.3. The molecule has 26 heavy (non-hydrogen) atoms. The van der Waals surface area contributed by atoms with Crippen LogP contribution in [0.1, 0.15) is 10.4 Å². The average molecular weight is 378 g/mol. The number of para-hydroxylation sites is 1. The molecule has 0 spiro atoms. The molecule has 0 aromatic heterocycles. The fourth-order valence-electron chi connectivity index (χ4n) is 2.27. The smallest absolute Gasteiger partial charge is 0.282 e. The predicted molar refractivity (Wildman–Crippen MR) is 96.7 cm³/mol. The molecule has 0 bridgehead atoms. The average Bonchev–Trinajstić information content (AvgIpc) is 2.61. The number of nitrogens with one attached hydrogen (secondary N) is 1. The van der Waals surface area contributed by atoms with Crippen molar-refractivity contribution in [3.8, 4) is 5.75 Å². The van der Waals surface area contributed by atoms with E-state index in [9.17, 15) is 19.7 Å². The van der Waals surface area contributed by atoms with Crippen molar-refractivity contribution in [1.29, 1.82) is 0 Å². The van der Waals surface area contributed by atoms with Crippen molar-refractivity contribution in [3.63, 3.8) is 0 Å². The summed E-state index contributed by atoms with van der Waals surface area (Å²) in [6.45, 7) is -0.305. The topological polar surface area (TPSA) is 102 Å². The molecule has 2 amide bonds. The van der Waals surface area contributed by atoms with Crippen LogP contribution in [-0.2, 0) is 4.79 Å². The number of carbonyl (C=O) groups is 2. The molecular weight excluding hydrogens is 362 g/mol. The molecule has 0 heterocycles. The van der Waals surface area contributed by atoms with E-state index in [0.29, 0.717) is 16.5 Å². The largest absolute Gasteiger partial charge is 0.495 e. The third-order valence-electron chi connectivity index (χ3n) is 3.49. The summed E-state index contributed by atoms with van der Waals surface area (Å²) in [5.74, 6) is -0.721. The maximum atomic E-state index is 12.4. The van der Waals surface area contributed by atoms with Gasteiger partial charge in [0.1, 0.15) is 11.3 Å². The van der Waals surface area contributed by atoms with E-state index >= 15 is 0 Å². The summed E-state index contributed by atoms with van der Waals surface area (Å²) in [6.07, 6.45) is 0. The van der Waals surface area contributed by atoms with Gasteiger partial charge in [-0.25, -0.2) is 0 Å². The lowest BCUT2D eigenvalue weighted by Gasteiger charge is -2.17. The van der Waals surface area contributed by atoms with Crippen LogP contribution in [0.5, 0.6) is 5.75 Å². The molecule has 1 N–H and O–H groups in total. The minimum atomic E-state index is -0.641. The van der Waals surface area contributed by atoms with Gasteiger partial charge >= 0.3 is 0 Å². The van der Waals surface area contributed by atoms with Crippen molar-refractivity contribution in [2.45, 2.75) is 0 Å². The fourth-order valence-corrected chi connectivity index (χ4v) is 2.45.